The van der Waals surface area contributed by atoms with E-state index in [1.165, 1.54) is 0 Å². The summed E-state index contributed by atoms with van der Waals surface area (Å²) in [6.45, 7) is 1.96. The Balaban J connectivity index is 2.57. The predicted molar refractivity (Wildman–Crippen MR) is 48.2 cm³/mol. The second kappa shape index (κ2) is 2.90. The number of nitrogens with zero attached hydrogens (tertiary/aromatic N) is 2. The van der Waals surface area contributed by atoms with Crippen molar-refractivity contribution in [3.05, 3.63) is 30.0 Å². The molecule has 4 heteroatoms. The average molecular weight is 175 g/mol. The van der Waals surface area contributed by atoms with Crippen molar-refractivity contribution in [1.29, 1.82) is 0 Å². The number of hydrogen-bond acceptors (Lipinski definition) is 3. The Kier molecular flexibility index (Phi) is 1.73. The van der Waals surface area contributed by atoms with Gasteiger partial charge < -0.3 is 5.11 Å². The summed E-state index contributed by atoms with van der Waals surface area (Å²) in [7, 11) is 0. The molecular formula is C9H9N3O. The zero-order valence-corrected chi connectivity index (χ0v) is 7.15. The van der Waals surface area contributed by atoms with E-state index >= 15 is 0 Å². The van der Waals surface area contributed by atoms with Crippen molar-refractivity contribution in [2.45, 2.75) is 6.92 Å². The number of phenolic OH excluding ortho intramolecular Hbond substituents is 1. The quantitative estimate of drug-likeness (QED) is 0.690. The minimum atomic E-state index is 0.222. The van der Waals surface area contributed by atoms with E-state index in [1.807, 2.05) is 19.1 Å². The molecule has 0 aliphatic rings. The van der Waals surface area contributed by atoms with Crippen LogP contribution in [-0.4, -0.2) is 20.5 Å². The number of aromatic hydroxyl groups is 1. The fourth-order valence-electron chi connectivity index (χ4n) is 1.19. The summed E-state index contributed by atoms with van der Waals surface area (Å²) in [5.41, 5.74) is 2.44. The molecule has 0 bridgehead atoms. The van der Waals surface area contributed by atoms with Gasteiger partial charge in [0.05, 0.1) is 6.20 Å². The first-order chi connectivity index (χ1) is 6.27. The van der Waals surface area contributed by atoms with Gasteiger partial charge in [0.2, 0.25) is 0 Å². The van der Waals surface area contributed by atoms with Crippen molar-refractivity contribution in [3.63, 3.8) is 0 Å². The first-order valence-corrected chi connectivity index (χ1v) is 3.94. The molecule has 0 amide bonds. The van der Waals surface area contributed by atoms with Crippen LogP contribution in [0.4, 0.5) is 0 Å². The number of aryl methyl sites for hydroxylation is 1. The number of aromatic amines is 1. The summed E-state index contributed by atoms with van der Waals surface area (Å²) >= 11 is 0. The van der Waals surface area contributed by atoms with E-state index in [4.69, 9.17) is 0 Å². The van der Waals surface area contributed by atoms with Crippen LogP contribution in [0.3, 0.4) is 0 Å². The number of phenols is 1. The Labute approximate surface area is 75.2 Å². The maximum absolute atomic E-state index is 9.53. The summed E-state index contributed by atoms with van der Waals surface area (Å²) in [6.07, 6.45) is 1.65. The van der Waals surface area contributed by atoms with Crippen molar-refractivity contribution in [3.8, 4) is 17.0 Å². The molecule has 0 saturated heterocycles. The normalized spacial score (nSPS) is 10.2. The third-order valence-electron chi connectivity index (χ3n) is 1.84. The van der Waals surface area contributed by atoms with Gasteiger partial charge in [-0.15, -0.1) is 5.10 Å². The summed E-state index contributed by atoms with van der Waals surface area (Å²) in [5, 5.41) is 19.5. The molecule has 0 atom stereocenters. The van der Waals surface area contributed by atoms with Gasteiger partial charge in [-0.1, -0.05) is 16.8 Å². The Morgan fingerprint density at radius 2 is 2.23 bits per heavy atom. The molecule has 2 rings (SSSR count). The zero-order chi connectivity index (χ0) is 9.26. The predicted octanol–water partition coefficient (Wildman–Crippen LogP) is 1.49. The highest BCUT2D eigenvalue weighted by molar-refractivity contribution is 5.66. The van der Waals surface area contributed by atoms with Crippen LogP contribution < -0.4 is 0 Å². The molecule has 1 heterocycles. The summed E-state index contributed by atoms with van der Waals surface area (Å²) in [5.74, 6) is 0.222. The van der Waals surface area contributed by atoms with E-state index in [9.17, 15) is 5.11 Å². The minimum absolute atomic E-state index is 0.222. The summed E-state index contributed by atoms with van der Waals surface area (Å²) in [4.78, 5) is 0. The topological polar surface area (TPSA) is 61.8 Å². The van der Waals surface area contributed by atoms with Crippen molar-refractivity contribution in [1.82, 2.24) is 15.4 Å². The van der Waals surface area contributed by atoms with Crippen molar-refractivity contribution >= 4 is 0 Å². The molecule has 0 aliphatic carbocycles. The molecule has 0 fully saturated rings. The lowest BCUT2D eigenvalue weighted by Crippen LogP contribution is -1.81. The van der Waals surface area contributed by atoms with Gasteiger partial charge in [-0.25, -0.2) is 0 Å². The molecule has 13 heavy (non-hydrogen) atoms. The van der Waals surface area contributed by atoms with Crippen LogP contribution in [0, 0.1) is 6.92 Å². The van der Waals surface area contributed by atoms with Crippen molar-refractivity contribution in [2.24, 2.45) is 0 Å². The third-order valence-corrected chi connectivity index (χ3v) is 1.84. The number of hydrogen-bond donors (Lipinski definition) is 2. The Hall–Kier alpha value is -1.84. The van der Waals surface area contributed by atoms with Crippen LogP contribution in [0.2, 0.25) is 0 Å². The molecule has 0 radical (unpaired) electrons. The van der Waals surface area contributed by atoms with Gasteiger partial charge in [-0.2, -0.15) is 0 Å². The zero-order valence-electron chi connectivity index (χ0n) is 7.15. The minimum Gasteiger partial charge on any atom is -0.507 e. The average Bonchev–Trinajstić information content (AvgIpc) is 2.61. The highest BCUT2D eigenvalue weighted by Gasteiger charge is 2.06. The van der Waals surface area contributed by atoms with Gasteiger partial charge in [0.25, 0.3) is 0 Å². The smallest absolute Gasteiger partial charge is 0.125 e. The molecule has 0 saturated carbocycles. The third kappa shape index (κ3) is 1.38. The number of aromatic nitrogens is 3. The van der Waals surface area contributed by atoms with Gasteiger partial charge in [0.1, 0.15) is 11.4 Å². The van der Waals surface area contributed by atoms with Gasteiger partial charge in [0, 0.05) is 5.56 Å². The van der Waals surface area contributed by atoms with Gasteiger partial charge in [0.15, 0.2) is 0 Å². The molecule has 0 aliphatic heterocycles. The summed E-state index contributed by atoms with van der Waals surface area (Å²) in [6, 6.07) is 5.37. The molecule has 2 N–H and O–H groups in total. The van der Waals surface area contributed by atoms with Gasteiger partial charge in [-0.3, -0.25) is 5.10 Å². The van der Waals surface area contributed by atoms with E-state index in [0.717, 1.165) is 5.56 Å². The Morgan fingerprint density at radius 1 is 1.38 bits per heavy atom. The summed E-state index contributed by atoms with van der Waals surface area (Å²) < 4.78 is 0. The van der Waals surface area contributed by atoms with E-state index in [-0.39, 0.29) is 5.75 Å². The lowest BCUT2D eigenvalue weighted by Gasteiger charge is -2.00. The number of rotatable bonds is 1. The SMILES string of the molecule is Cc1ccc(O)c(-c2c[nH]nn2)c1. The largest absolute Gasteiger partial charge is 0.507 e. The molecule has 1 aromatic heterocycles. The molecular weight excluding hydrogens is 166 g/mol. The van der Waals surface area contributed by atoms with Crippen molar-refractivity contribution < 1.29 is 5.11 Å². The monoisotopic (exact) mass is 175 g/mol. The molecule has 4 nitrogen and oxygen atoms in total. The van der Waals surface area contributed by atoms with Crippen LogP contribution in [0.1, 0.15) is 5.56 Å². The van der Waals surface area contributed by atoms with E-state index in [0.29, 0.717) is 11.3 Å². The molecule has 66 valence electrons. The van der Waals surface area contributed by atoms with Crippen LogP contribution in [-0.2, 0) is 0 Å². The highest BCUT2D eigenvalue weighted by atomic mass is 16.3. The Bertz CT molecular complexity index is 409. The van der Waals surface area contributed by atoms with E-state index < -0.39 is 0 Å². The first-order valence-electron chi connectivity index (χ1n) is 3.94. The lowest BCUT2D eigenvalue weighted by atomic mass is 10.1. The first kappa shape index (κ1) is 7.79. The molecule has 0 spiro atoms. The Morgan fingerprint density at radius 3 is 2.92 bits per heavy atom. The van der Waals surface area contributed by atoms with Gasteiger partial charge in [-0.05, 0) is 19.1 Å². The van der Waals surface area contributed by atoms with Gasteiger partial charge >= 0.3 is 0 Å². The van der Waals surface area contributed by atoms with E-state index in [1.54, 1.807) is 12.3 Å². The molecule has 0 unspecified atom stereocenters. The maximum Gasteiger partial charge on any atom is 0.125 e. The maximum atomic E-state index is 9.53. The highest BCUT2D eigenvalue weighted by Crippen LogP contribution is 2.27. The lowest BCUT2D eigenvalue weighted by molar-refractivity contribution is 0.477. The van der Waals surface area contributed by atoms with Crippen molar-refractivity contribution in [2.75, 3.05) is 0 Å². The molecule has 1 aromatic carbocycles. The van der Waals surface area contributed by atoms with Crippen LogP contribution >= 0.6 is 0 Å². The van der Waals surface area contributed by atoms with E-state index in [2.05, 4.69) is 15.4 Å². The number of nitrogens with one attached hydrogen (secondary N) is 1. The number of H-pyrrole nitrogens is 1. The van der Waals surface area contributed by atoms with Crippen LogP contribution in [0.15, 0.2) is 24.4 Å². The molecule has 2 aromatic rings. The second-order valence-corrected chi connectivity index (χ2v) is 2.88. The van der Waals surface area contributed by atoms with Crippen LogP contribution in [0.5, 0.6) is 5.75 Å². The second-order valence-electron chi connectivity index (χ2n) is 2.88. The fourth-order valence-corrected chi connectivity index (χ4v) is 1.19. The fraction of sp³-hybridized carbons (Fsp3) is 0.111. The number of benzene rings is 1. The van der Waals surface area contributed by atoms with Crippen LogP contribution in [0.25, 0.3) is 11.3 Å². The standard InChI is InChI=1S/C9H9N3O/c1-6-2-3-9(13)7(4-6)8-5-10-12-11-8/h2-5,13H,1H3,(H,10,11,12).